The zero-order valence-electron chi connectivity index (χ0n) is 10.8. The first kappa shape index (κ1) is 12.7. The number of aromatic nitrogens is 2. The SMILES string of the molecule is ClCC1CCCCC1Nc1ncc2ccccc2n1. The van der Waals surface area contributed by atoms with E-state index in [-0.39, 0.29) is 0 Å². The van der Waals surface area contributed by atoms with E-state index in [0.29, 0.717) is 17.8 Å². The highest BCUT2D eigenvalue weighted by atomic mass is 35.5. The molecule has 3 nitrogen and oxygen atoms in total. The van der Waals surface area contributed by atoms with E-state index in [9.17, 15) is 0 Å². The third kappa shape index (κ3) is 2.81. The van der Waals surface area contributed by atoms with Crippen LogP contribution in [-0.4, -0.2) is 21.9 Å². The van der Waals surface area contributed by atoms with Crippen LogP contribution in [0.25, 0.3) is 10.9 Å². The van der Waals surface area contributed by atoms with Gasteiger partial charge in [-0.1, -0.05) is 31.0 Å². The van der Waals surface area contributed by atoms with Crippen molar-refractivity contribution in [3.8, 4) is 0 Å². The van der Waals surface area contributed by atoms with Gasteiger partial charge in [0.05, 0.1) is 5.52 Å². The number of hydrogen-bond donors (Lipinski definition) is 1. The summed E-state index contributed by atoms with van der Waals surface area (Å²) in [5, 5.41) is 4.54. The Balaban J connectivity index is 1.80. The van der Waals surface area contributed by atoms with Gasteiger partial charge in [0.15, 0.2) is 0 Å². The largest absolute Gasteiger partial charge is 0.351 e. The third-order valence-electron chi connectivity index (χ3n) is 3.91. The minimum atomic E-state index is 0.410. The fraction of sp³-hybridized carbons (Fsp3) is 0.467. The van der Waals surface area contributed by atoms with Gasteiger partial charge in [0.2, 0.25) is 5.95 Å². The molecule has 1 aromatic heterocycles. The Morgan fingerprint density at radius 3 is 2.95 bits per heavy atom. The van der Waals surface area contributed by atoms with Crippen LogP contribution >= 0.6 is 11.6 Å². The molecule has 100 valence electrons. The smallest absolute Gasteiger partial charge is 0.223 e. The predicted molar refractivity (Wildman–Crippen MR) is 79.6 cm³/mol. The number of para-hydroxylation sites is 1. The van der Waals surface area contributed by atoms with E-state index < -0.39 is 0 Å². The molecular formula is C15H18ClN3. The summed E-state index contributed by atoms with van der Waals surface area (Å²) in [4.78, 5) is 8.98. The summed E-state index contributed by atoms with van der Waals surface area (Å²) in [6.07, 6.45) is 6.79. The van der Waals surface area contributed by atoms with E-state index in [1.54, 1.807) is 0 Å². The maximum absolute atomic E-state index is 6.06. The van der Waals surface area contributed by atoms with Gasteiger partial charge in [-0.3, -0.25) is 0 Å². The van der Waals surface area contributed by atoms with Gasteiger partial charge in [0.1, 0.15) is 0 Å². The molecule has 0 spiro atoms. The fourth-order valence-corrected chi connectivity index (χ4v) is 3.16. The number of halogens is 1. The summed E-state index contributed by atoms with van der Waals surface area (Å²) in [6.45, 7) is 0. The Morgan fingerprint density at radius 2 is 2.05 bits per heavy atom. The van der Waals surface area contributed by atoms with Crippen LogP contribution in [0.5, 0.6) is 0 Å². The van der Waals surface area contributed by atoms with Crippen LogP contribution in [0.2, 0.25) is 0 Å². The van der Waals surface area contributed by atoms with Crippen LogP contribution in [0, 0.1) is 5.92 Å². The maximum Gasteiger partial charge on any atom is 0.223 e. The monoisotopic (exact) mass is 275 g/mol. The highest BCUT2D eigenvalue weighted by Crippen LogP contribution is 2.27. The number of nitrogens with one attached hydrogen (secondary N) is 1. The number of rotatable bonds is 3. The number of benzene rings is 1. The van der Waals surface area contributed by atoms with Crippen molar-refractivity contribution in [3.05, 3.63) is 30.5 Å². The molecule has 2 aromatic rings. The normalized spacial score (nSPS) is 23.4. The molecule has 1 aliphatic rings. The van der Waals surface area contributed by atoms with Crippen LogP contribution < -0.4 is 5.32 Å². The second kappa shape index (κ2) is 5.74. The van der Waals surface area contributed by atoms with Crippen LogP contribution in [0.15, 0.2) is 30.5 Å². The highest BCUT2D eigenvalue weighted by molar-refractivity contribution is 6.18. The van der Waals surface area contributed by atoms with Gasteiger partial charge in [-0.15, -0.1) is 11.6 Å². The molecule has 1 N–H and O–H groups in total. The topological polar surface area (TPSA) is 37.8 Å². The van der Waals surface area contributed by atoms with E-state index in [1.165, 1.54) is 19.3 Å². The minimum absolute atomic E-state index is 0.410. The first-order chi connectivity index (χ1) is 9.36. The quantitative estimate of drug-likeness (QED) is 0.865. The Hall–Kier alpha value is -1.35. The lowest BCUT2D eigenvalue weighted by atomic mass is 9.86. The number of nitrogens with zero attached hydrogens (tertiary/aromatic N) is 2. The van der Waals surface area contributed by atoms with Crippen molar-refractivity contribution in [1.29, 1.82) is 0 Å². The Morgan fingerprint density at radius 1 is 1.21 bits per heavy atom. The molecule has 19 heavy (non-hydrogen) atoms. The number of alkyl halides is 1. The van der Waals surface area contributed by atoms with Crippen LogP contribution in [-0.2, 0) is 0 Å². The molecule has 0 radical (unpaired) electrons. The molecule has 1 saturated carbocycles. The summed E-state index contributed by atoms with van der Waals surface area (Å²) >= 11 is 6.06. The van der Waals surface area contributed by atoms with E-state index in [2.05, 4.69) is 15.3 Å². The van der Waals surface area contributed by atoms with Crippen LogP contribution in [0.1, 0.15) is 25.7 Å². The minimum Gasteiger partial charge on any atom is -0.351 e. The van der Waals surface area contributed by atoms with Gasteiger partial charge in [-0.2, -0.15) is 0 Å². The average molecular weight is 276 g/mol. The summed E-state index contributed by atoms with van der Waals surface area (Å²) < 4.78 is 0. The molecule has 0 amide bonds. The van der Waals surface area contributed by atoms with Crippen molar-refractivity contribution in [2.45, 2.75) is 31.7 Å². The number of fused-ring (bicyclic) bond motifs is 1. The van der Waals surface area contributed by atoms with Gasteiger partial charge in [-0.05, 0) is 24.8 Å². The molecule has 1 heterocycles. The first-order valence-electron chi connectivity index (χ1n) is 6.91. The Labute approximate surface area is 118 Å². The standard InChI is InChI=1S/C15H18ClN3/c16-9-11-5-1-3-7-13(11)18-15-17-10-12-6-2-4-8-14(12)19-15/h2,4,6,8,10-11,13H,1,3,5,7,9H2,(H,17,18,19). The zero-order valence-corrected chi connectivity index (χ0v) is 11.6. The Bertz CT molecular complexity index is 558. The summed E-state index contributed by atoms with van der Waals surface area (Å²) in [5.74, 6) is 1.97. The van der Waals surface area contributed by atoms with Gasteiger partial charge in [-0.25, -0.2) is 9.97 Å². The molecule has 1 aromatic carbocycles. The zero-order chi connectivity index (χ0) is 13.1. The van der Waals surface area contributed by atoms with Crippen molar-refractivity contribution in [2.24, 2.45) is 5.92 Å². The molecule has 0 aliphatic heterocycles. The van der Waals surface area contributed by atoms with Crippen molar-refractivity contribution in [3.63, 3.8) is 0 Å². The van der Waals surface area contributed by atoms with Gasteiger partial charge in [0, 0.05) is 23.5 Å². The molecule has 0 bridgehead atoms. The molecule has 1 fully saturated rings. The summed E-state index contributed by atoms with van der Waals surface area (Å²) in [7, 11) is 0. The number of anilines is 1. The molecule has 1 aliphatic carbocycles. The number of hydrogen-bond acceptors (Lipinski definition) is 3. The van der Waals surface area contributed by atoms with E-state index in [1.807, 2.05) is 30.5 Å². The lowest BCUT2D eigenvalue weighted by molar-refractivity contribution is 0.352. The Kier molecular flexibility index (Phi) is 3.83. The van der Waals surface area contributed by atoms with Gasteiger partial charge < -0.3 is 5.32 Å². The van der Waals surface area contributed by atoms with E-state index in [0.717, 1.165) is 23.3 Å². The molecule has 3 rings (SSSR count). The molecular weight excluding hydrogens is 258 g/mol. The lowest BCUT2D eigenvalue weighted by Crippen LogP contribution is -2.33. The van der Waals surface area contributed by atoms with Crippen molar-refractivity contribution in [1.82, 2.24) is 9.97 Å². The van der Waals surface area contributed by atoms with E-state index >= 15 is 0 Å². The summed E-state index contributed by atoms with van der Waals surface area (Å²) in [5.41, 5.74) is 0.984. The summed E-state index contributed by atoms with van der Waals surface area (Å²) in [6, 6.07) is 8.46. The molecule has 2 unspecified atom stereocenters. The van der Waals surface area contributed by atoms with Crippen molar-refractivity contribution < 1.29 is 0 Å². The highest BCUT2D eigenvalue weighted by Gasteiger charge is 2.24. The first-order valence-corrected chi connectivity index (χ1v) is 7.44. The van der Waals surface area contributed by atoms with Crippen LogP contribution in [0.4, 0.5) is 5.95 Å². The fourth-order valence-electron chi connectivity index (χ4n) is 2.79. The maximum atomic E-state index is 6.06. The second-order valence-electron chi connectivity index (χ2n) is 5.20. The van der Waals surface area contributed by atoms with Crippen molar-refractivity contribution >= 4 is 28.5 Å². The second-order valence-corrected chi connectivity index (χ2v) is 5.51. The average Bonchev–Trinajstić information content (AvgIpc) is 2.48. The van der Waals surface area contributed by atoms with Crippen molar-refractivity contribution in [2.75, 3.05) is 11.2 Å². The predicted octanol–water partition coefficient (Wildman–Crippen LogP) is 3.84. The molecule has 0 saturated heterocycles. The molecule has 4 heteroatoms. The van der Waals surface area contributed by atoms with Crippen LogP contribution in [0.3, 0.4) is 0 Å². The lowest BCUT2D eigenvalue weighted by Gasteiger charge is -2.30. The van der Waals surface area contributed by atoms with E-state index in [4.69, 9.17) is 11.6 Å². The third-order valence-corrected chi connectivity index (χ3v) is 4.31. The van der Waals surface area contributed by atoms with Gasteiger partial charge >= 0.3 is 0 Å². The molecule has 2 atom stereocenters. The van der Waals surface area contributed by atoms with Gasteiger partial charge in [0.25, 0.3) is 0 Å².